The number of aryl methyl sites for hydroxylation is 1. The van der Waals surface area contributed by atoms with Crippen LogP contribution in [0.15, 0.2) is 150 Å². The first kappa shape index (κ1) is 25.9. The van der Waals surface area contributed by atoms with Crippen LogP contribution in [0.3, 0.4) is 0 Å². The van der Waals surface area contributed by atoms with Gasteiger partial charge >= 0.3 is 0 Å². The van der Waals surface area contributed by atoms with Crippen LogP contribution in [-0.2, 0) is 0 Å². The van der Waals surface area contributed by atoms with Crippen molar-refractivity contribution in [1.29, 1.82) is 0 Å². The van der Waals surface area contributed by atoms with Gasteiger partial charge in [0.2, 0.25) is 0 Å². The SMILES string of the molecule is Cc1ccc2nc3c(cc(-c4cccc(C5=CCC(c6ccccc6)=NC(c6ccccc6)=N5)c4)c4cccnc43)cc2c1. The number of amidine groups is 1. The first-order chi connectivity index (χ1) is 21.7. The van der Waals surface area contributed by atoms with E-state index in [1.54, 1.807) is 0 Å². The van der Waals surface area contributed by atoms with Gasteiger partial charge in [-0.05, 0) is 60.0 Å². The summed E-state index contributed by atoms with van der Waals surface area (Å²) in [4.78, 5) is 20.1. The molecule has 1 aliphatic rings. The lowest BCUT2D eigenvalue weighted by Gasteiger charge is -2.12. The van der Waals surface area contributed by atoms with Gasteiger partial charge in [0.05, 0.1) is 28.0 Å². The van der Waals surface area contributed by atoms with Gasteiger partial charge in [-0.2, -0.15) is 0 Å². The van der Waals surface area contributed by atoms with Crippen LogP contribution in [0.5, 0.6) is 0 Å². The van der Waals surface area contributed by atoms with E-state index in [4.69, 9.17) is 20.0 Å². The summed E-state index contributed by atoms with van der Waals surface area (Å²) in [5.41, 5.74) is 11.3. The lowest BCUT2D eigenvalue weighted by Crippen LogP contribution is -2.04. The van der Waals surface area contributed by atoms with E-state index >= 15 is 0 Å². The molecule has 0 saturated heterocycles. The molecule has 0 amide bonds. The van der Waals surface area contributed by atoms with Crippen molar-refractivity contribution in [2.24, 2.45) is 9.98 Å². The van der Waals surface area contributed by atoms with Crippen molar-refractivity contribution in [2.75, 3.05) is 0 Å². The number of aliphatic imine (C=N–C) groups is 2. The number of aromatic nitrogens is 2. The number of hydrogen-bond donors (Lipinski definition) is 0. The second-order valence-electron chi connectivity index (χ2n) is 11.2. The Balaban J connectivity index is 1.28. The van der Waals surface area contributed by atoms with Gasteiger partial charge in [-0.3, -0.25) is 4.98 Å². The highest BCUT2D eigenvalue weighted by molar-refractivity contribution is 6.16. The number of benzene rings is 5. The number of nitrogens with zero attached hydrogens (tertiary/aromatic N) is 4. The van der Waals surface area contributed by atoms with Gasteiger partial charge < -0.3 is 0 Å². The van der Waals surface area contributed by atoms with E-state index in [0.717, 1.165) is 71.9 Å². The van der Waals surface area contributed by atoms with Crippen molar-refractivity contribution in [3.8, 4) is 11.1 Å². The molecule has 7 aromatic rings. The molecule has 208 valence electrons. The van der Waals surface area contributed by atoms with Gasteiger partial charge in [-0.25, -0.2) is 15.0 Å². The molecular weight excluding hydrogens is 536 g/mol. The van der Waals surface area contributed by atoms with Crippen molar-refractivity contribution in [1.82, 2.24) is 9.97 Å². The van der Waals surface area contributed by atoms with Crippen LogP contribution in [0.4, 0.5) is 0 Å². The minimum Gasteiger partial charge on any atom is -0.254 e. The molecule has 0 aliphatic carbocycles. The van der Waals surface area contributed by atoms with Crippen LogP contribution in [-0.4, -0.2) is 21.5 Å². The maximum Gasteiger partial charge on any atom is 0.160 e. The monoisotopic (exact) mass is 564 g/mol. The Labute approximate surface area is 255 Å². The molecule has 0 saturated carbocycles. The van der Waals surface area contributed by atoms with Crippen LogP contribution in [0.1, 0.15) is 28.7 Å². The van der Waals surface area contributed by atoms with E-state index in [1.165, 1.54) is 5.56 Å². The highest BCUT2D eigenvalue weighted by Crippen LogP contribution is 2.36. The second kappa shape index (κ2) is 10.8. The third kappa shape index (κ3) is 4.77. The van der Waals surface area contributed by atoms with Crippen LogP contribution >= 0.6 is 0 Å². The van der Waals surface area contributed by atoms with Gasteiger partial charge in [-0.15, -0.1) is 0 Å². The number of pyridine rings is 2. The minimum absolute atomic E-state index is 0.685. The molecule has 4 nitrogen and oxygen atoms in total. The fourth-order valence-electron chi connectivity index (χ4n) is 6.00. The molecule has 1 aliphatic heterocycles. The maximum absolute atomic E-state index is 5.15. The molecule has 44 heavy (non-hydrogen) atoms. The summed E-state index contributed by atoms with van der Waals surface area (Å²) >= 11 is 0. The average Bonchev–Trinajstić information content (AvgIpc) is 3.32. The molecule has 8 rings (SSSR count). The number of fused-ring (bicyclic) bond motifs is 4. The fourth-order valence-corrected chi connectivity index (χ4v) is 6.00. The molecule has 0 atom stereocenters. The Hall–Kier alpha value is -5.74. The summed E-state index contributed by atoms with van der Waals surface area (Å²) in [5, 5.41) is 3.29. The van der Waals surface area contributed by atoms with Gasteiger partial charge in [-0.1, -0.05) is 103 Å². The summed E-state index contributed by atoms with van der Waals surface area (Å²) in [6.45, 7) is 2.12. The Morgan fingerprint density at radius 2 is 1.34 bits per heavy atom. The molecule has 0 radical (unpaired) electrons. The van der Waals surface area contributed by atoms with Crippen molar-refractivity contribution in [3.63, 3.8) is 0 Å². The van der Waals surface area contributed by atoms with Crippen LogP contribution in [0.25, 0.3) is 49.5 Å². The first-order valence-electron chi connectivity index (χ1n) is 14.9. The second-order valence-corrected chi connectivity index (χ2v) is 11.2. The summed E-state index contributed by atoms with van der Waals surface area (Å²) in [6.07, 6.45) is 4.73. The molecule has 2 aromatic heterocycles. The summed E-state index contributed by atoms with van der Waals surface area (Å²) in [5.74, 6) is 0.715. The molecule has 0 unspecified atom stereocenters. The predicted octanol–water partition coefficient (Wildman–Crippen LogP) is 9.59. The zero-order valence-corrected chi connectivity index (χ0v) is 24.3. The van der Waals surface area contributed by atoms with Gasteiger partial charge in [0, 0.05) is 39.9 Å². The molecule has 5 aromatic carbocycles. The standard InChI is InChI=1S/C40H28N4/c1-26-17-18-37-31(22-26)24-32-25-34(33-16-9-21-41-39(33)38(32)42-37)29-14-8-15-30(23-29)36-20-19-35(27-10-4-2-5-11-27)43-40(44-36)28-12-6-3-7-13-28/h2-18,20-25H,19H2,1H3. The molecule has 3 heterocycles. The average molecular weight is 565 g/mol. The highest BCUT2D eigenvalue weighted by Gasteiger charge is 2.16. The number of rotatable bonds is 4. The lowest BCUT2D eigenvalue weighted by atomic mass is 9.95. The van der Waals surface area contributed by atoms with Gasteiger partial charge in [0.1, 0.15) is 0 Å². The number of allylic oxidation sites excluding steroid dienone is 1. The fraction of sp³-hybridized carbons (Fsp3) is 0.0500. The third-order valence-electron chi connectivity index (χ3n) is 8.19. The molecule has 0 bridgehead atoms. The zero-order valence-electron chi connectivity index (χ0n) is 24.3. The maximum atomic E-state index is 5.15. The van der Waals surface area contributed by atoms with E-state index < -0.39 is 0 Å². The lowest BCUT2D eigenvalue weighted by molar-refractivity contribution is 1.40. The smallest absolute Gasteiger partial charge is 0.160 e. The zero-order chi connectivity index (χ0) is 29.5. The van der Waals surface area contributed by atoms with Gasteiger partial charge in [0.25, 0.3) is 0 Å². The van der Waals surface area contributed by atoms with Crippen LogP contribution < -0.4 is 0 Å². The van der Waals surface area contributed by atoms with E-state index in [1.807, 2.05) is 36.5 Å². The normalized spacial score (nSPS) is 13.4. The minimum atomic E-state index is 0.685. The third-order valence-corrected chi connectivity index (χ3v) is 8.19. The number of hydrogen-bond acceptors (Lipinski definition) is 4. The predicted molar refractivity (Wildman–Crippen MR) is 183 cm³/mol. The molecular formula is C40H28N4. The molecule has 4 heteroatoms. The van der Waals surface area contributed by atoms with E-state index in [0.29, 0.717) is 12.3 Å². The Bertz CT molecular complexity index is 2300. The summed E-state index contributed by atoms with van der Waals surface area (Å²) in [6, 6.07) is 44.2. The van der Waals surface area contributed by atoms with Crippen molar-refractivity contribution >= 4 is 50.0 Å². The topological polar surface area (TPSA) is 50.5 Å². The molecule has 0 fully saturated rings. The van der Waals surface area contributed by atoms with Crippen molar-refractivity contribution in [2.45, 2.75) is 13.3 Å². The molecule has 0 spiro atoms. The highest BCUT2D eigenvalue weighted by atomic mass is 14.9. The Morgan fingerprint density at radius 1 is 0.568 bits per heavy atom. The quantitative estimate of drug-likeness (QED) is 0.158. The van der Waals surface area contributed by atoms with Gasteiger partial charge in [0.15, 0.2) is 5.84 Å². The molecule has 0 N–H and O–H groups in total. The summed E-state index contributed by atoms with van der Waals surface area (Å²) < 4.78 is 0. The van der Waals surface area contributed by atoms with Crippen molar-refractivity contribution in [3.05, 3.63) is 162 Å². The van der Waals surface area contributed by atoms with Crippen LogP contribution in [0.2, 0.25) is 0 Å². The largest absolute Gasteiger partial charge is 0.254 e. The van der Waals surface area contributed by atoms with E-state index in [2.05, 4.69) is 110 Å². The first-order valence-corrected chi connectivity index (χ1v) is 14.9. The van der Waals surface area contributed by atoms with E-state index in [9.17, 15) is 0 Å². The van der Waals surface area contributed by atoms with Crippen molar-refractivity contribution < 1.29 is 0 Å². The Kier molecular flexibility index (Phi) is 6.38. The van der Waals surface area contributed by atoms with Crippen LogP contribution in [0, 0.1) is 6.92 Å². The summed E-state index contributed by atoms with van der Waals surface area (Å²) in [7, 11) is 0. The Morgan fingerprint density at radius 3 is 2.18 bits per heavy atom. The van der Waals surface area contributed by atoms with E-state index in [-0.39, 0.29) is 0 Å².